The number of rotatable bonds is 4. The van der Waals surface area contributed by atoms with Crippen LogP contribution in [0.5, 0.6) is 0 Å². The van der Waals surface area contributed by atoms with E-state index >= 15 is 0 Å². The van der Waals surface area contributed by atoms with Crippen molar-refractivity contribution in [2.45, 2.75) is 44.5 Å². The van der Waals surface area contributed by atoms with E-state index in [2.05, 4.69) is 5.32 Å². The number of amides is 2. The average molecular weight is 470 g/mol. The van der Waals surface area contributed by atoms with Gasteiger partial charge in [0.1, 0.15) is 0 Å². The number of carbonyl (C=O) groups is 2. The monoisotopic (exact) mass is 470 g/mol. The molecule has 1 saturated carbocycles. The molecule has 0 radical (unpaired) electrons. The van der Waals surface area contributed by atoms with E-state index in [-0.39, 0.29) is 24.9 Å². The number of hydrogen-bond acceptors (Lipinski definition) is 2. The lowest BCUT2D eigenvalue weighted by Gasteiger charge is -2.23. The summed E-state index contributed by atoms with van der Waals surface area (Å²) >= 11 is 0. The van der Waals surface area contributed by atoms with Crippen LogP contribution in [0.3, 0.4) is 0 Å². The molecule has 4 rings (SSSR count). The Kier molecular flexibility index (Phi) is 5.66. The van der Waals surface area contributed by atoms with Crippen molar-refractivity contribution in [3.63, 3.8) is 0 Å². The second-order valence-electron chi connectivity index (χ2n) is 8.48. The third kappa shape index (κ3) is 4.84. The second kappa shape index (κ2) is 8.07. The fourth-order valence-electron chi connectivity index (χ4n) is 4.14. The standard InChI is InChI=1S/C23H20F6N2O2/c1-12-3-2-4-18(13-5-6-13)20(12)31-11-14(7-19(31)32)21(33)30-17-9-15(22(24,25)26)8-16(10-17)23(27,28)29/h2-4,8-10,13-14H,5-7,11H2,1H3,(H,30,33). The molecule has 1 saturated heterocycles. The Bertz CT molecular complexity index is 1070. The molecule has 10 heteroatoms. The van der Waals surface area contributed by atoms with Gasteiger partial charge >= 0.3 is 12.4 Å². The lowest BCUT2D eigenvalue weighted by molar-refractivity contribution is -0.143. The molecule has 176 valence electrons. The van der Waals surface area contributed by atoms with Crippen LogP contribution in [0.15, 0.2) is 36.4 Å². The molecule has 2 aromatic carbocycles. The molecule has 1 aliphatic heterocycles. The summed E-state index contributed by atoms with van der Waals surface area (Å²) < 4.78 is 78.5. The van der Waals surface area contributed by atoms with Gasteiger partial charge in [0, 0.05) is 18.7 Å². The van der Waals surface area contributed by atoms with Gasteiger partial charge in [0.25, 0.3) is 0 Å². The molecule has 1 N–H and O–H groups in total. The molecule has 2 fully saturated rings. The zero-order valence-corrected chi connectivity index (χ0v) is 17.5. The van der Waals surface area contributed by atoms with Gasteiger partial charge in [0.15, 0.2) is 0 Å². The van der Waals surface area contributed by atoms with E-state index in [4.69, 9.17) is 0 Å². The van der Waals surface area contributed by atoms with Gasteiger partial charge in [-0.2, -0.15) is 26.3 Å². The van der Waals surface area contributed by atoms with Crippen molar-refractivity contribution < 1.29 is 35.9 Å². The van der Waals surface area contributed by atoms with Crippen molar-refractivity contribution in [1.29, 1.82) is 0 Å². The Morgan fingerprint density at radius 3 is 2.15 bits per heavy atom. The molecular formula is C23H20F6N2O2. The maximum Gasteiger partial charge on any atom is 0.416 e. The van der Waals surface area contributed by atoms with Crippen LogP contribution in [-0.2, 0) is 21.9 Å². The van der Waals surface area contributed by atoms with Gasteiger partial charge in [-0.1, -0.05) is 18.2 Å². The third-order valence-electron chi connectivity index (χ3n) is 5.91. The van der Waals surface area contributed by atoms with E-state index in [0.717, 1.165) is 29.7 Å². The van der Waals surface area contributed by atoms with Crippen LogP contribution < -0.4 is 10.2 Å². The van der Waals surface area contributed by atoms with Gasteiger partial charge in [0.2, 0.25) is 11.8 Å². The minimum atomic E-state index is -5.02. The van der Waals surface area contributed by atoms with E-state index in [0.29, 0.717) is 18.1 Å². The molecule has 1 heterocycles. The van der Waals surface area contributed by atoms with E-state index in [1.54, 1.807) is 0 Å². The molecule has 1 atom stereocenters. The highest BCUT2D eigenvalue weighted by molar-refractivity contribution is 6.04. The maximum absolute atomic E-state index is 13.1. The van der Waals surface area contributed by atoms with E-state index in [1.807, 2.05) is 25.1 Å². The molecule has 0 aromatic heterocycles. The van der Waals surface area contributed by atoms with Crippen LogP contribution in [0.2, 0.25) is 0 Å². The zero-order valence-electron chi connectivity index (χ0n) is 17.5. The van der Waals surface area contributed by atoms with E-state index in [9.17, 15) is 35.9 Å². The van der Waals surface area contributed by atoms with Crippen LogP contribution >= 0.6 is 0 Å². The van der Waals surface area contributed by atoms with Gasteiger partial charge in [-0.25, -0.2) is 0 Å². The summed E-state index contributed by atoms with van der Waals surface area (Å²) in [6.45, 7) is 1.85. The van der Waals surface area contributed by atoms with Crippen molar-refractivity contribution in [3.8, 4) is 0 Å². The average Bonchev–Trinajstić information content (AvgIpc) is 3.48. The minimum absolute atomic E-state index is 0.000327. The summed E-state index contributed by atoms with van der Waals surface area (Å²) in [5, 5.41) is 2.15. The Balaban J connectivity index is 1.57. The summed E-state index contributed by atoms with van der Waals surface area (Å²) in [4.78, 5) is 26.9. The molecule has 1 aliphatic carbocycles. The number of nitrogens with zero attached hydrogens (tertiary/aromatic N) is 1. The molecule has 1 unspecified atom stereocenters. The van der Waals surface area contributed by atoms with E-state index in [1.165, 1.54) is 4.90 Å². The fourth-order valence-corrected chi connectivity index (χ4v) is 4.14. The predicted molar refractivity (Wildman–Crippen MR) is 109 cm³/mol. The number of nitrogens with one attached hydrogen (secondary N) is 1. The molecular weight excluding hydrogens is 450 g/mol. The number of benzene rings is 2. The molecule has 33 heavy (non-hydrogen) atoms. The topological polar surface area (TPSA) is 49.4 Å². The highest BCUT2D eigenvalue weighted by Crippen LogP contribution is 2.46. The first-order valence-corrected chi connectivity index (χ1v) is 10.3. The second-order valence-corrected chi connectivity index (χ2v) is 8.48. The van der Waals surface area contributed by atoms with E-state index < -0.39 is 41.0 Å². The molecule has 0 spiro atoms. The Morgan fingerprint density at radius 2 is 1.61 bits per heavy atom. The zero-order chi connectivity index (χ0) is 24.1. The normalized spacial score (nSPS) is 19.2. The fraction of sp³-hybridized carbons (Fsp3) is 0.391. The summed E-state index contributed by atoms with van der Waals surface area (Å²) in [5.74, 6) is -1.69. The van der Waals surface area contributed by atoms with Crippen molar-refractivity contribution >= 4 is 23.2 Å². The lowest BCUT2D eigenvalue weighted by atomic mass is 10.0. The van der Waals surface area contributed by atoms with Crippen LogP contribution in [0, 0.1) is 12.8 Å². The smallest absolute Gasteiger partial charge is 0.326 e. The van der Waals surface area contributed by atoms with Gasteiger partial charge in [-0.15, -0.1) is 0 Å². The maximum atomic E-state index is 13.1. The van der Waals surface area contributed by atoms with Crippen LogP contribution in [0.1, 0.15) is 47.4 Å². The van der Waals surface area contributed by atoms with Crippen molar-refractivity contribution in [1.82, 2.24) is 0 Å². The van der Waals surface area contributed by atoms with Crippen molar-refractivity contribution in [3.05, 3.63) is 58.7 Å². The largest absolute Gasteiger partial charge is 0.416 e. The molecule has 4 nitrogen and oxygen atoms in total. The first-order chi connectivity index (χ1) is 15.3. The SMILES string of the molecule is Cc1cccc(C2CC2)c1N1CC(C(=O)Nc2cc(C(F)(F)F)cc(C(F)(F)F)c2)CC1=O. The number of anilines is 2. The third-order valence-corrected chi connectivity index (χ3v) is 5.91. The number of halogens is 6. The predicted octanol–water partition coefficient (Wildman–Crippen LogP) is 5.90. The Hall–Kier alpha value is -3.04. The Morgan fingerprint density at radius 1 is 1.00 bits per heavy atom. The molecule has 2 aromatic rings. The molecule has 2 amide bonds. The summed E-state index contributed by atoms with van der Waals surface area (Å²) in [5.41, 5.74) is -1.06. The van der Waals surface area contributed by atoms with Crippen LogP contribution in [0.4, 0.5) is 37.7 Å². The summed E-state index contributed by atoms with van der Waals surface area (Å²) in [6, 6.07) is 6.57. The van der Waals surface area contributed by atoms with Crippen molar-refractivity contribution in [2.75, 3.05) is 16.8 Å². The summed E-state index contributed by atoms with van der Waals surface area (Å²) in [6.07, 6.45) is -8.23. The lowest BCUT2D eigenvalue weighted by Crippen LogP contribution is -2.29. The number of para-hydroxylation sites is 1. The van der Waals surface area contributed by atoms with Crippen LogP contribution in [0.25, 0.3) is 0 Å². The first kappa shape index (κ1) is 23.1. The quantitative estimate of drug-likeness (QED) is 0.566. The number of carbonyl (C=O) groups excluding carboxylic acids is 2. The molecule has 0 bridgehead atoms. The Labute approximate surface area is 185 Å². The van der Waals surface area contributed by atoms with Gasteiger partial charge in [-0.3, -0.25) is 9.59 Å². The highest BCUT2D eigenvalue weighted by atomic mass is 19.4. The van der Waals surface area contributed by atoms with Gasteiger partial charge in [0.05, 0.1) is 22.7 Å². The number of alkyl halides is 6. The first-order valence-electron chi connectivity index (χ1n) is 10.3. The highest BCUT2D eigenvalue weighted by Gasteiger charge is 2.40. The number of hydrogen-bond donors (Lipinski definition) is 1. The summed E-state index contributed by atoms with van der Waals surface area (Å²) in [7, 11) is 0. The molecule has 2 aliphatic rings. The van der Waals surface area contributed by atoms with Gasteiger partial charge < -0.3 is 10.2 Å². The minimum Gasteiger partial charge on any atom is -0.326 e. The van der Waals surface area contributed by atoms with Crippen molar-refractivity contribution in [2.24, 2.45) is 5.92 Å². The number of aryl methyl sites for hydroxylation is 1. The van der Waals surface area contributed by atoms with Crippen LogP contribution in [-0.4, -0.2) is 18.4 Å². The van der Waals surface area contributed by atoms with Gasteiger partial charge in [-0.05, 0) is 55.0 Å².